The monoisotopic (exact) mass is 384 g/mol. The second-order valence-electron chi connectivity index (χ2n) is 6.60. The summed E-state index contributed by atoms with van der Waals surface area (Å²) in [5.74, 6) is -4.71. The third-order valence-corrected chi connectivity index (χ3v) is 6.70. The highest BCUT2D eigenvalue weighted by Gasteiger charge is 2.53. The first-order chi connectivity index (χ1) is 11.6. The first-order valence-corrected chi connectivity index (χ1v) is 9.73. The summed E-state index contributed by atoms with van der Waals surface area (Å²) in [5.41, 5.74) is 0. The van der Waals surface area contributed by atoms with Crippen molar-refractivity contribution in [2.45, 2.75) is 50.1 Å². The van der Waals surface area contributed by atoms with Gasteiger partial charge in [-0.15, -0.1) is 0 Å². The van der Waals surface area contributed by atoms with Gasteiger partial charge in [0.1, 0.15) is 0 Å². The van der Waals surface area contributed by atoms with Gasteiger partial charge in [-0.3, -0.25) is 9.00 Å². The van der Waals surface area contributed by atoms with Crippen molar-refractivity contribution in [3.05, 3.63) is 0 Å². The number of urea groups is 1. The van der Waals surface area contributed by atoms with E-state index >= 15 is 0 Å². The Morgan fingerprint density at radius 1 is 1.28 bits per heavy atom. The molecule has 0 radical (unpaired) electrons. The van der Waals surface area contributed by atoms with Crippen molar-refractivity contribution in [2.24, 2.45) is 11.8 Å². The number of hydrogen-bond donors (Lipinski definition) is 2. The summed E-state index contributed by atoms with van der Waals surface area (Å²) in [4.78, 5) is 24.3. The molecule has 6 nitrogen and oxygen atoms in total. The highest BCUT2D eigenvalue weighted by molar-refractivity contribution is 7.85. The van der Waals surface area contributed by atoms with Gasteiger partial charge in [0.25, 0.3) is 0 Å². The summed E-state index contributed by atoms with van der Waals surface area (Å²) in [7, 11) is -0.972. The molecule has 2 aliphatic rings. The number of halogens is 3. The number of carbonyl (C=O) groups is 2. The molecule has 2 N–H and O–H groups in total. The topological polar surface area (TPSA) is 86.7 Å². The number of carbonyl (C=O) groups excluding carboxylic acids is 1. The standard InChI is InChI=1S/C15H23F3N2O4S/c1-2-25(24)10-5-3-4-9(6-10)19-14(23)20-7-11(13(21)22)12(8-20)15(16,17)18/h9-12H,2-8H2,1H3,(H,19,23)(H,21,22)/t9?,10?,11-,12-,25?/m1/s1. The molecule has 144 valence electrons. The maximum atomic E-state index is 13.0. The summed E-state index contributed by atoms with van der Waals surface area (Å²) in [6.07, 6.45) is -1.84. The van der Waals surface area contributed by atoms with Crippen LogP contribution in [-0.4, -0.2) is 62.5 Å². The predicted octanol–water partition coefficient (Wildman–Crippen LogP) is 1.97. The van der Waals surface area contributed by atoms with E-state index in [1.54, 1.807) is 0 Å². The van der Waals surface area contributed by atoms with Crippen LogP contribution in [0, 0.1) is 11.8 Å². The summed E-state index contributed by atoms with van der Waals surface area (Å²) >= 11 is 0. The molecule has 0 aromatic heterocycles. The zero-order valence-electron chi connectivity index (χ0n) is 13.9. The van der Waals surface area contributed by atoms with Crippen LogP contribution < -0.4 is 5.32 Å². The minimum Gasteiger partial charge on any atom is -0.481 e. The van der Waals surface area contributed by atoms with E-state index in [4.69, 9.17) is 5.11 Å². The Morgan fingerprint density at radius 3 is 2.48 bits per heavy atom. The minimum atomic E-state index is -4.66. The van der Waals surface area contributed by atoms with E-state index < -0.39 is 53.9 Å². The molecule has 0 spiro atoms. The molecule has 3 unspecified atom stereocenters. The van der Waals surface area contributed by atoms with Crippen molar-refractivity contribution < 1.29 is 32.1 Å². The van der Waals surface area contributed by atoms with Gasteiger partial charge in [0, 0.05) is 40.9 Å². The molecule has 1 saturated heterocycles. The molecule has 1 aliphatic heterocycles. The summed E-state index contributed by atoms with van der Waals surface area (Å²) in [6, 6.07) is -0.916. The van der Waals surface area contributed by atoms with Crippen LogP contribution in [0.25, 0.3) is 0 Å². The van der Waals surface area contributed by atoms with E-state index in [0.717, 1.165) is 17.7 Å². The van der Waals surface area contributed by atoms with Crippen molar-refractivity contribution >= 4 is 22.8 Å². The van der Waals surface area contributed by atoms with E-state index in [1.807, 2.05) is 6.92 Å². The Kier molecular flexibility index (Phi) is 6.34. The summed E-state index contributed by atoms with van der Waals surface area (Å²) in [6.45, 7) is 0.720. The maximum absolute atomic E-state index is 13.0. The first kappa shape index (κ1) is 20.0. The van der Waals surface area contributed by atoms with E-state index in [9.17, 15) is 27.0 Å². The van der Waals surface area contributed by atoms with E-state index in [-0.39, 0.29) is 11.3 Å². The molecule has 2 rings (SSSR count). The average Bonchev–Trinajstić information content (AvgIpc) is 3.00. The largest absolute Gasteiger partial charge is 0.481 e. The fraction of sp³-hybridized carbons (Fsp3) is 0.867. The fourth-order valence-corrected chi connectivity index (χ4v) is 4.92. The molecule has 5 atom stereocenters. The summed E-state index contributed by atoms with van der Waals surface area (Å²) < 4.78 is 50.9. The average molecular weight is 384 g/mol. The van der Waals surface area contributed by atoms with Gasteiger partial charge in [0.2, 0.25) is 0 Å². The Hall–Kier alpha value is -1.32. The molecule has 2 fully saturated rings. The lowest BCUT2D eigenvalue weighted by Gasteiger charge is -2.30. The second kappa shape index (κ2) is 7.92. The molecular formula is C15H23F3N2O4S. The van der Waals surface area contributed by atoms with Crippen molar-refractivity contribution in [1.29, 1.82) is 0 Å². The number of nitrogens with zero attached hydrogens (tertiary/aromatic N) is 1. The third-order valence-electron chi connectivity index (χ3n) is 4.95. The van der Waals surface area contributed by atoms with Crippen LogP contribution in [-0.2, 0) is 15.6 Å². The zero-order chi connectivity index (χ0) is 18.8. The van der Waals surface area contributed by atoms with E-state index in [0.29, 0.717) is 18.6 Å². The van der Waals surface area contributed by atoms with Crippen LogP contribution in [0.3, 0.4) is 0 Å². The first-order valence-electron chi connectivity index (χ1n) is 8.35. The van der Waals surface area contributed by atoms with Gasteiger partial charge >= 0.3 is 18.2 Å². The number of aliphatic carboxylic acids is 1. The van der Waals surface area contributed by atoms with Gasteiger partial charge in [-0.25, -0.2) is 4.79 Å². The van der Waals surface area contributed by atoms with E-state index in [1.165, 1.54) is 0 Å². The van der Waals surface area contributed by atoms with Crippen molar-refractivity contribution in [3.63, 3.8) is 0 Å². The van der Waals surface area contributed by atoms with Gasteiger partial charge in [-0.2, -0.15) is 13.2 Å². The Morgan fingerprint density at radius 2 is 1.96 bits per heavy atom. The quantitative estimate of drug-likeness (QED) is 0.776. The lowest BCUT2D eigenvalue weighted by Crippen LogP contribution is -2.47. The molecule has 1 aliphatic carbocycles. The number of carboxylic acids is 1. The van der Waals surface area contributed by atoms with Gasteiger partial charge in [0.15, 0.2) is 0 Å². The molecule has 0 aromatic rings. The molecule has 1 saturated carbocycles. The van der Waals surface area contributed by atoms with Crippen LogP contribution in [0.4, 0.5) is 18.0 Å². The van der Waals surface area contributed by atoms with Crippen molar-refractivity contribution in [3.8, 4) is 0 Å². The number of hydrogen-bond acceptors (Lipinski definition) is 3. The van der Waals surface area contributed by atoms with Gasteiger partial charge in [0.05, 0.1) is 11.8 Å². The number of alkyl halides is 3. The number of carboxylic acid groups (broad SMARTS) is 1. The minimum absolute atomic E-state index is 0.0164. The van der Waals surface area contributed by atoms with Crippen LogP contribution >= 0.6 is 0 Å². The zero-order valence-corrected chi connectivity index (χ0v) is 14.7. The molecule has 0 bridgehead atoms. The lowest BCUT2D eigenvalue weighted by atomic mass is 9.95. The van der Waals surface area contributed by atoms with Gasteiger partial charge < -0.3 is 15.3 Å². The normalized spacial score (nSPS) is 31.6. The van der Waals surface area contributed by atoms with Crippen LogP contribution in [0.2, 0.25) is 0 Å². The fourth-order valence-electron chi connectivity index (χ4n) is 3.57. The smallest absolute Gasteiger partial charge is 0.394 e. The molecular weight excluding hydrogens is 361 g/mol. The van der Waals surface area contributed by atoms with Gasteiger partial charge in [-0.1, -0.05) is 13.3 Å². The van der Waals surface area contributed by atoms with Crippen LogP contribution in [0.5, 0.6) is 0 Å². The number of nitrogens with one attached hydrogen (secondary N) is 1. The summed E-state index contributed by atoms with van der Waals surface area (Å²) in [5, 5.41) is 11.7. The second-order valence-corrected chi connectivity index (χ2v) is 8.61. The van der Waals surface area contributed by atoms with Crippen LogP contribution in [0.1, 0.15) is 32.6 Å². The molecule has 25 heavy (non-hydrogen) atoms. The maximum Gasteiger partial charge on any atom is 0.394 e. The van der Waals surface area contributed by atoms with Crippen molar-refractivity contribution in [1.82, 2.24) is 10.2 Å². The van der Waals surface area contributed by atoms with Crippen molar-refractivity contribution in [2.75, 3.05) is 18.8 Å². The molecule has 0 aromatic carbocycles. The number of likely N-dealkylation sites (tertiary alicyclic amines) is 1. The Labute approximate surface area is 146 Å². The predicted molar refractivity (Wildman–Crippen MR) is 85.5 cm³/mol. The Bertz CT molecular complexity index is 543. The highest BCUT2D eigenvalue weighted by Crippen LogP contribution is 2.37. The third kappa shape index (κ3) is 4.86. The van der Waals surface area contributed by atoms with E-state index in [2.05, 4.69) is 5.32 Å². The highest BCUT2D eigenvalue weighted by atomic mass is 32.2. The molecule has 1 heterocycles. The van der Waals surface area contributed by atoms with Crippen LogP contribution in [0.15, 0.2) is 0 Å². The molecule has 10 heteroatoms. The van der Waals surface area contributed by atoms with Gasteiger partial charge in [-0.05, 0) is 19.3 Å². The number of amides is 2. The lowest BCUT2D eigenvalue weighted by molar-refractivity contribution is -0.187. The molecule has 2 amide bonds. The number of rotatable bonds is 4. The SMILES string of the molecule is CCS(=O)C1CCCC(NC(=O)N2C[C@@H](C(F)(F)F)[C@H](C(=O)O)C2)C1. The Balaban J connectivity index is 1.97.